The second-order valence-corrected chi connectivity index (χ2v) is 6.63. The molecule has 0 saturated carbocycles. The molecule has 0 atom stereocenters. The zero-order valence-corrected chi connectivity index (χ0v) is 15.5. The van der Waals surface area contributed by atoms with Gasteiger partial charge in [0.05, 0.1) is 16.9 Å². The number of aliphatic imine (C=N–C) groups is 1. The van der Waals surface area contributed by atoms with E-state index in [1.54, 1.807) is 18.3 Å². The number of halogens is 1. The molecule has 28 heavy (non-hydrogen) atoms. The maximum Gasteiger partial charge on any atom is 0.280 e. The molecule has 1 heterocycles. The van der Waals surface area contributed by atoms with Crippen LogP contribution < -0.4 is 5.56 Å². The van der Waals surface area contributed by atoms with Crippen LogP contribution in [0.1, 0.15) is 24.6 Å². The number of aryl methyl sites for hydroxylation is 1. The molecule has 140 valence electrons. The number of nitrogens with zero attached hydrogens (tertiary/aromatic N) is 2. The molecule has 1 N–H and O–H groups in total. The van der Waals surface area contributed by atoms with Gasteiger partial charge in [0.2, 0.25) is 0 Å². The Bertz CT molecular complexity index is 1200. The topological polar surface area (TPSA) is 50.1 Å². The van der Waals surface area contributed by atoms with Gasteiger partial charge in [-0.2, -0.15) is 0 Å². The molecule has 0 unspecified atom stereocenters. The summed E-state index contributed by atoms with van der Waals surface area (Å²) in [4.78, 5) is 17.6. The molecule has 0 radical (unpaired) electrons. The van der Waals surface area contributed by atoms with Crippen LogP contribution >= 0.6 is 0 Å². The average Bonchev–Trinajstić information content (AvgIpc) is 3.02. The molecule has 3 aromatic carbocycles. The van der Waals surface area contributed by atoms with Gasteiger partial charge in [0, 0.05) is 17.3 Å². The van der Waals surface area contributed by atoms with Crippen LogP contribution in [0.3, 0.4) is 0 Å². The van der Waals surface area contributed by atoms with E-state index in [9.17, 15) is 9.18 Å². The Morgan fingerprint density at radius 2 is 1.79 bits per heavy atom. The normalized spacial score (nSPS) is 11.5. The Kier molecular flexibility index (Phi) is 4.89. The Balaban J connectivity index is 1.79. The lowest BCUT2D eigenvalue weighted by Gasteiger charge is -2.01. The summed E-state index contributed by atoms with van der Waals surface area (Å²) in [6.07, 6.45) is 3.24. The highest BCUT2D eigenvalue weighted by Gasteiger charge is 2.13. The standard InChI is InChI=1S/C23H20FN3O/c1-2-6-22-20(23(28)27(26-22)18-13-11-17(24)12-14-18)15-25-21-10-5-8-16-7-3-4-9-19(16)21/h3-5,7-15,26H,2,6H2,1H3. The Hall–Kier alpha value is -3.47. The van der Waals surface area contributed by atoms with Gasteiger partial charge in [-0.25, -0.2) is 9.07 Å². The third-order valence-corrected chi connectivity index (χ3v) is 4.69. The van der Waals surface area contributed by atoms with E-state index in [0.29, 0.717) is 11.3 Å². The van der Waals surface area contributed by atoms with Crippen molar-refractivity contribution in [2.75, 3.05) is 0 Å². The summed E-state index contributed by atoms with van der Waals surface area (Å²) in [6, 6.07) is 19.8. The lowest BCUT2D eigenvalue weighted by molar-refractivity contribution is 0.626. The van der Waals surface area contributed by atoms with Crippen molar-refractivity contribution in [1.82, 2.24) is 9.78 Å². The number of hydrogen-bond acceptors (Lipinski definition) is 2. The zero-order valence-electron chi connectivity index (χ0n) is 15.5. The fourth-order valence-electron chi connectivity index (χ4n) is 3.30. The molecule has 0 bridgehead atoms. The number of aromatic amines is 1. The van der Waals surface area contributed by atoms with Crippen LogP contribution in [0.2, 0.25) is 0 Å². The van der Waals surface area contributed by atoms with Gasteiger partial charge < -0.3 is 0 Å². The van der Waals surface area contributed by atoms with Crippen molar-refractivity contribution in [2.24, 2.45) is 4.99 Å². The summed E-state index contributed by atoms with van der Waals surface area (Å²) in [5.41, 5.74) is 2.56. The number of aromatic nitrogens is 2. The van der Waals surface area contributed by atoms with Gasteiger partial charge in [-0.3, -0.25) is 14.9 Å². The summed E-state index contributed by atoms with van der Waals surface area (Å²) in [6.45, 7) is 2.05. The molecular formula is C23H20FN3O. The fraction of sp³-hybridized carbons (Fsp3) is 0.130. The van der Waals surface area contributed by atoms with Crippen molar-refractivity contribution in [3.63, 3.8) is 0 Å². The summed E-state index contributed by atoms with van der Waals surface area (Å²) in [5.74, 6) is -0.338. The van der Waals surface area contributed by atoms with E-state index in [1.807, 2.05) is 42.5 Å². The largest absolute Gasteiger partial charge is 0.294 e. The molecule has 0 saturated heterocycles. The zero-order chi connectivity index (χ0) is 19.5. The van der Waals surface area contributed by atoms with Crippen LogP contribution in [0.25, 0.3) is 16.5 Å². The number of H-pyrrole nitrogens is 1. The van der Waals surface area contributed by atoms with E-state index < -0.39 is 0 Å². The fourth-order valence-corrected chi connectivity index (χ4v) is 3.30. The Morgan fingerprint density at radius 1 is 1.04 bits per heavy atom. The van der Waals surface area contributed by atoms with Crippen LogP contribution in [0.15, 0.2) is 76.5 Å². The lowest BCUT2D eigenvalue weighted by atomic mass is 10.1. The van der Waals surface area contributed by atoms with E-state index in [0.717, 1.165) is 35.0 Å². The minimum atomic E-state index is -0.338. The second-order valence-electron chi connectivity index (χ2n) is 6.63. The molecule has 0 aliphatic heterocycles. The SMILES string of the molecule is CCCc1[nH]n(-c2ccc(F)cc2)c(=O)c1C=Nc1cccc2ccccc12. The van der Waals surface area contributed by atoms with Gasteiger partial charge in [0.15, 0.2) is 0 Å². The number of rotatable bonds is 5. The average molecular weight is 373 g/mol. The van der Waals surface area contributed by atoms with Gasteiger partial charge in [-0.1, -0.05) is 49.7 Å². The van der Waals surface area contributed by atoms with Gasteiger partial charge in [0.1, 0.15) is 5.82 Å². The summed E-state index contributed by atoms with van der Waals surface area (Å²) in [5, 5.41) is 5.29. The maximum atomic E-state index is 13.2. The highest BCUT2D eigenvalue weighted by molar-refractivity contribution is 5.95. The Labute approximate surface area is 162 Å². The van der Waals surface area contributed by atoms with Crippen molar-refractivity contribution in [1.29, 1.82) is 0 Å². The molecule has 0 spiro atoms. The number of fused-ring (bicyclic) bond motifs is 1. The first kappa shape index (κ1) is 17.9. The van der Waals surface area contributed by atoms with E-state index in [-0.39, 0.29) is 11.4 Å². The molecule has 4 aromatic rings. The smallest absolute Gasteiger partial charge is 0.280 e. The lowest BCUT2D eigenvalue weighted by Crippen LogP contribution is -2.17. The van der Waals surface area contributed by atoms with Gasteiger partial charge in [0.25, 0.3) is 5.56 Å². The number of benzene rings is 3. The van der Waals surface area contributed by atoms with Crippen molar-refractivity contribution >= 4 is 22.7 Å². The highest BCUT2D eigenvalue weighted by atomic mass is 19.1. The predicted molar refractivity (Wildman–Crippen MR) is 112 cm³/mol. The maximum absolute atomic E-state index is 13.2. The van der Waals surface area contributed by atoms with Crippen LogP contribution in [0.5, 0.6) is 0 Å². The monoisotopic (exact) mass is 373 g/mol. The third kappa shape index (κ3) is 3.39. The van der Waals surface area contributed by atoms with Gasteiger partial charge in [-0.15, -0.1) is 0 Å². The minimum absolute atomic E-state index is 0.195. The predicted octanol–water partition coefficient (Wildman–Crippen LogP) is 5.16. The molecule has 0 aliphatic carbocycles. The first-order valence-corrected chi connectivity index (χ1v) is 9.29. The van der Waals surface area contributed by atoms with Crippen LogP contribution in [-0.4, -0.2) is 16.0 Å². The molecule has 0 fully saturated rings. The number of nitrogens with one attached hydrogen (secondary N) is 1. The van der Waals surface area contributed by atoms with E-state index >= 15 is 0 Å². The van der Waals surface area contributed by atoms with Crippen molar-refractivity contribution in [3.05, 3.63) is 94.2 Å². The quantitative estimate of drug-likeness (QED) is 0.483. The summed E-state index contributed by atoms with van der Waals surface area (Å²) < 4.78 is 14.7. The first-order valence-electron chi connectivity index (χ1n) is 9.29. The molecule has 5 heteroatoms. The molecule has 0 amide bonds. The Morgan fingerprint density at radius 3 is 2.57 bits per heavy atom. The molecule has 0 aliphatic rings. The molecule has 4 rings (SSSR count). The van der Waals surface area contributed by atoms with Crippen LogP contribution in [0, 0.1) is 5.82 Å². The van der Waals surface area contributed by atoms with Crippen LogP contribution in [-0.2, 0) is 6.42 Å². The summed E-state index contributed by atoms with van der Waals surface area (Å²) >= 11 is 0. The second kappa shape index (κ2) is 7.64. The van der Waals surface area contributed by atoms with Crippen molar-refractivity contribution < 1.29 is 4.39 Å². The van der Waals surface area contributed by atoms with E-state index in [2.05, 4.69) is 17.0 Å². The van der Waals surface area contributed by atoms with Gasteiger partial charge in [-0.05, 0) is 42.1 Å². The van der Waals surface area contributed by atoms with E-state index in [1.165, 1.54) is 16.8 Å². The van der Waals surface area contributed by atoms with Crippen LogP contribution in [0.4, 0.5) is 10.1 Å². The molecule has 4 nitrogen and oxygen atoms in total. The van der Waals surface area contributed by atoms with E-state index in [4.69, 9.17) is 0 Å². The molecule has 1 aromatic heterocycles. The molecular weight excluding hydrogens is 353 g/mol. The summed E-state index contributed by atoms with van der Waals surface area (Å²) in [7, 11) is 0. The van der Waals surface area contributed by atoms with Crippen molar-refractivity contribution in [2.45, 2.75) is 19.8 Å². The third-order valence-electron chi connectivity index (χ3n) is 4.69. The van der Waals surface area contributed by atoms with Crippen molar-refractivity contribution in [3.8, 4) is 5.69 Å². The minimum Gasteiger partial charge on any atom is -0.294 e. The van der Waals surface area contributed by atoms with Gasteiger partial charge >= 0.3 is 0 Å². The highest BCUT2D eigenvalue weighted by Crippen LogP contribution is 2.25. The number of hydrogen-bond donors (Lipinski definition) is 1. The first-order chi connectivity index (χ1) is 13.7.